The van der Waals surface area contributed by atoms with Gasteiger partial charge in [-0.15, -0.1) is 11.3 Å². The quantitative estimate of drug-likeness (QED) is 0.894. The van der Waals surface area contributed by atoms with Crippen molar-refractivity contribution in [3.05, 3.63) is 21.9 Å². The SMILES string of the molecule is CC(C)(C)S(=O)(=O)NC1(c2ccc(C(=O)O)s2)CCC1. The molecule has 2 N–H and O–H groups in total. The normalized spacial score (nSPS) is 18.6. The third kappa shape index (κ3) is 2.62. The van der Waals surface area contributed by atoms with Crippen LogP contribution >= 0.6 is 11.3 Å². The number of carboxylic acid groups (broad SMARTS) is 1. The fraction of sp³-hybridized carbons (Fsp3) is 0.615. The number of rotatable bonds is 4. The molecule has 0 atom stereocenters. The third-order valence-electron chi connectivity index (χ3n) is 3.63. The van der Waals surface area contributed by atoms with Gasteiger partial charge in [-0.3, -0.25) is 0 Å². The number of nitrogens with one attached hydrogen (secondary N) is 1. The first-order valence-corrected chi connectivity index (χ1v) is 8.75. The number of hydrogen-bond donors (Lipinski definition) is 2. The first-order chi connectivity index (χ1) is 9.07. The highest BCUT2D eigenvalue weighted by molar-refractivity contribution is 7.90. The molecule has 0 amide bonds. The average molecular weight is 317 g/mol. The van der Waals surface area contributed by atoms with Crippen molar-refractivity contribution >= 4 is 27.3 Å². The Balaban J connectivity index is 2.33. The highest BCUT2D eigenvalue weighted by Crippen LogP contribution is 2.45. The molecular weight excluding hydrogens is 298 g/mol. The van der Waals surface area contributed by atoms with Crippen molar-refractivity contribution in [1.29, 1.82) is 0 Å². The van der Waals surface area contributed by atoms with Crippen LogP contribution < -0.4 is 4.72 Å². The fourth-order valence-electron chi connectivity index (χ4n) is 2.05. The molecule has 1 saturated carbocycles. The fourth-order valence-corrected chi connectivity index (χ4v) is 4.30. The van der Waals surface area contributed by atoms with Crippen LogP contribution in [0.1, 0.15) is 54.6 Å². The molecule has 5 nitrogen and oxygen atoms in total. The van der Waals surface area contributed by atoms with Gasteiger partial charge < -0.3 is 5.11 Å². The lowest BCUT2D eigenvalue weighted by molar-refractivity contribution is 0.0702. The summed E-state index contributed by atoms with van der Waals surface area (Å²) in [6.07, 6.45) is 2.36. The van der Waals surface area contributed by atoms with Gasteiger partial charge in [-0.1, -0.05) is 0 Å². The molecule has 0 unspecified atom stereocenters. The van der Waals surface area contributed by atoms with E-state index in [4.69, 9.17) is 5.11 Å². The predicted molar refractivity (Wildman–Crippen MR) is 78.6 cm³/mol. The molecule has 0 bridgehead atoms. The molecule has 1 fully saturated rings. The minimum Gasteiger partial charge on any atom is -0.477 e. The third-order valence-corrected chi connectivity index (χ3v) is 7.18. The van der Waals surface area contributed by atoms with Gasteiger partial charge >= 0.3 is 5.97 Å². The Hall–Kier alpha value is -0.920. The van der Waals surface area contributed by atoms with Crippen molar-refractivity contribution in [3.63, 3.8) is 0 Å². The lowest BCUT2D eigenvalue weighted by Crippen LogP contribution is -2.54. The van der Waals surface area contributed by atoms with Crippen LogP contribution in [0.3, 0.4) is 0 Å². The Bertz CT molecular complexity index is 621. The molecule has 0 saturated heterocycles. The van der Waals surface area contributed by atoms with Gasteiger partial charge in [0.2, 0.25) is 10.0 Å². The Morgan fingerprint density at radius 1 is 1.35 bits per heavy atom. The van der Waals surface area contributed by atoms with Crippen LogP contribution in [0.15, 0.2) is 12.1 Å². The standard InChI is InChI=1S/C13H19NO4S2/c1-12(2,3)20(17,18)14-13(7-4-8-13)10-6-5-9(19-10)11(15)16/h5-6,14H,4,7-8H2,1-3H3,(H,15,16). The molecule has 2 rings (SSSR count). The minimum atomic E-state index is -3.47. The first kappa shape index (κ1) is 15.5. The second kappa shape index (κ2) is 4.82. The number of thiophene rings is 1. The lowest BCUT2D eigenvalue weighted by Gasteiger charge is -2.43. The zero-order valence-corrected chi connectivity index (χ0v) is 13.4. The van der Waals surface area contributed by atoms with Crippen molar-refractivity contribution in [1.82, 2.24) is 4.72 Å². The molecule has 0 aromatic carbocycles. The van der Waals surface area contributed by atoms with E-state index in [-0.39, 0.29) is 4.88 Å². The van der Waals surface area contributed by atoms with Crippen LogP contribution in [0.2, 0.25) is 0 Å². The van der Waals surface area contributed by atoms with E-state index in [9.17, 15) is 13.2 Å². The Morgan fingerprint density at radius 2 is 1.95 bits per heavy atom. The summed E-state index contributed by atoms with van der Waals surface area (Å²) in [5.74, 6) is -0.977. The zero-order chi connectivity index (χ0) is 15.2. The highest BCUT2D eigenvalue weighted by atomic mass is 32.2. The maximum absolute atomic E-state index is 12.4. The summed E-state index contributed by atoms with van der Waals surface area (Å²) >= 11 is 1.15. The van der Waals surface area contributed by atoms with E-state index in [0.29, 0.717) is 12.8 Å². The van der Waals surface area contributed by atoms with Crippen LogP contribution in [0.4, 0.5) is 0 Å². The maximum Gasteiger partial charge on any atom is 0.345 e. The lowest BCUT2D eigenvalue weighted by atomic mass is 9.77. The molecule has 1 aliphatic rings. The molecule has 7 heteroatoms. The van der Waals surface area contributed by atoms with E-state index in [0.717, 1.165) is 22.6 Å². The molecule has 0 spiro atoms. The second-order valence-corrected chi connectivity index (χ2v) is 9.64. The van der Waals surface area contributed by atoms with E-state index in [1.165, 1.54) is 6.07 Å². The van der Waals surface area contributed by atoms with Crippen molar-refractivity contribution in [2.24, 2.45) is 0 Å². The molecule has 112 valence electrons. The van der Waals surface area contributed by atoms with Crippen molar-refractivity contribution in [2.45, 2.75) is 50.3 Å². The van der Waals surface area contributed by atoms with Crippen LogP contribution in [-0.4, -0.2) is 24.2 Å². The smallest absolute Gasteiger partial charge is 0.345 e. The van der Waals surface area contributed by atoms with Crippen molar-refractivity contribution < 1.29 is 18.3 Å². The summed E-state index contributed by atoms with van der Waals surface area (Å²) < 4.78 is 26.6. The molecule has 1 aromatic heterocycles. The maximum atomic E-state index is 12.4. The van der Waals surface area contributed by atoms with Crippen LogP contribution in [0.5, 0.6) is 0 Å². The van der Waals surface area contributed by atoms with Gasteiger partial charge in [0.25, 0.3) is 0 Å². The summed E-state index contributed by atoms with van der Waals surface area (Å²) in [5.41, 5.74) is -0.621. The Morgan fingerprint density at radius 3 is 2.30 bits per heavy atom. The summed E-state index contributed by atoms with van der Waals surface area (Å²) in [6.45, 7) is 4.95. The van der Waals surface area contributed by atoms with Gasteiger partial charge in [0, 0.05) is 4.88 Å². The molecular formula is C13H19NO4S2. The monoisotopic (exact) mass is 317 g/mol. The summed E-state index contributed by atoms with van der Waals surface area (Å²) in [5, 5.41) is 8.99. The first-order valence-electron chi connectivity index (χ1n) is 6.45. The second-order valence-electron chi connectivity index (χ2n) is 6.12. The van der Waals surface area contributed by atoms with Crippen molar-refractivity contribution in [3.8, 4) is 0 Å². The van der Waals surface area contributed by atoms with E-state index < -0.39 is 26.3 Å². The molecule has 20 heavy (non-hydrogen) atoms. The summed E-state index contributed by atoms with van der Waals surface area (Å²) in [4.78, 5) is 12.0. The average Bonchev–Trinajstić information content (AvgIpc) is 2.71. The van der Waals surface area contributed by atoms with Gasteiger partial charge in [-0.2, -0.15) is 0 Å². The highest BCUT2D eigenvalue weighted by Gasteiger charge is 2.45. The summed E-state index contributed by atoms with van der Waals surface area (Å²) in [7, 11) is -3.47. The minimum absolute atomic E-state index is 0.237. The van der Waals surface area contributed by atoms with Crippen LogP contribution in [0, 0.1) is 0 Å². The number of sulfonamides is 1. The largest absolute Gasteiger partial charge is 0.477 e. The van der Waals surface area contributed by atoms with Gasteiger partial charge in [-0.05, 0) is 52.2 Å². The van der Waals surface area contributed by atoms with Crippen LogP contribution in [0.25, 0.3) is 0 Å². The Kier molecular flexibility index (Phi) is 3.73. The van der Waals surface area contributed by atoms with Gasteiger partial charge in [0.1, 0.15) is 4.88 Å². The van der Waals surface area contributed by atoms with Crippen LogP contribution in [-0.2, 0) is 15.6 Å². The van der Waals surface area contributed by atoms with E-state index in [1.807, 2.05) is 0 Å². The van der Waals surface area contributed by atoms with Gasteiger partial charge in [0.05, 0.1) is 10.3 Å². The summed E-state index contributed by atoms with van der Waals surface area (Å²) in [6, 6.07) is 3.26. The van der Waals surface area contributed by atoms with E-state index >= 15 is 0 Å². The number of hydrogen-bond acceptors (Lipinski definition) is 4. The molecule has 1 aromatic rings. The molecule has 1 aliphatic carbocycles. The van der Waals surface area contributed by atoms with E-state index in [1.54, 1.807) is 26.8 Å². The molecule has 1 heterocycles. The van der Waals surface area contributed by atoms with E-state index in [2.05, 4.69) is 4.72 Å². The molecule has 0 aliphatic heterocycles. The van der Waals surface area contributed by atoms with Gasteiger partial charge in [-0.25, -0.2) is 17.9 Å². The Labute approximate surface area is 123 Å². The van der Waals surface area contributed by atoms with Crippen molar-refractivity contribution in [2.75, 3.05) is 0 Å². The number of carboxylic acids is 1. The zero-order valence-electron chi connectivity index (χ0n) is 11.8. The topological polar surface area (TPSA) is 83.5 Å². The predicted octanol–water partition coefficient (Wildman–Crippen LogP) is 2.54. The van der Waals surface area contributed by atoms with Gasteiger partial charge in [0.15, 0.2) is 0 Å². The number of aromatic carboxylic acids is 1. The number of carbonyl (C=O) groups is 1. The molecule has 0 radical (unpaired) electrons.